The van der Waals surface area contributed by atoms with E-state index in [9.17, 15) is 26.3 Å². The van der Waals surface area contributed by atoms with E-state index in [4.69, 9.17) is 0 Å². The van der Waals surface area contributed by atoms with Gasteiger partial charge in [0.15, 0.2) is 0 Å². The monoisotopic (exact) mass is 307 g/mol. The second-order valence-electron chi connectivity index (χ2n) is 5.12. The molecule has 0 unspecified atom stereocenters. The van der Waals surface area contributed by atoms with Gasteiger partial charge in [-0.2, -0.15) is 26.3 Å². The van der Waals surface area contributed by atoms with Crippen molar-refractivity contribution in [3.8, 4) is 0 Å². The average molecular weight is 307 g/mol. The van der Waals surface area contributed by atoms with E-state index in [1.807, 2.05) is 6.92 Å². The van der Waals surface area contributed by atoms with Gasteiger partial charge in [0.1, 0.15) is 0 Å². The van der Waals surface area contributed by atoms with Crippen LogP contribution in [-0.2, 0) is 4.74 Å². The molecule has 0 aromatic heterocycles. The minimum Gasteiger partial charge on any atom is -0.354 e. The van der Waals surface area contributed by atoms with Crippen LogP contribution in [-0.4, -0.2) is 37.1 Å². The Balaban J connectivity index is 2.64. The molecule has 0 bridgehead atoms. The first-order chi connectivity index (χ1) is 9.11. The normalized spacial score (nSPS) is 19.2. The van der Waals surface area contributed by atoms with Crippen molar-refractivity contribution >= 4 is 0 Å². The third kappa shape index (κ3) is 4.80. The van der Waals surface area contributed by atoms with Gasteiger partial charge < -0.3 is 10.1 Å². The molecule has 0 aromatic rings. The summed E-state index contributed by atoms with van der Waals surface area (Å²) in [5.41, 5.74) is -1.30. The van der Waals surface area contributed by atoms with Crippen molar-refractivity contribution in [3.05, 3.63) is 0 Å². The molecule has 1 saturated carbocycles. The van der Waals surface area contributed by atoms with Crippen LogP contribution in [0.25, 0.3) is 0 Å². The first-order valence-electron chi connectivity index (χ1n) is 6.63. The number of nitrogens with one attached hydrogen (secondary N) is 1. The summed E-state index contributed by atoms with van der Waals surface area (Å²) in [6.45, 7) is 2.96. The lowest BCUT2D eigenvalue weighted by molar-refractivity contribution is -0.353. The summed E-state index contributed by atoms with van der Waals surface area (Å²) in [5.74, 6) is 0. The van der Waals surface area contributed by atoms with E-state index in [-0.39, 0.29) is 19.3 Å². The topological polar surface area (TPSA) is 21.3 Å². The van der Waals surface area contributed by atoms with Crippen LogP contribution in [0, 0.1) is 0 Å². The lowest BCUT2D eigenvalue weighted by Gasteiger charge is -2.44. The van der Waals surface area contributed by atoms with Gasteiger partial charge in [-0.1, -0.05) is 6.92 Å². The summed E-state index contributed by atoms with van der Waals surface area (Å²) in [5, 5.41) is 2.97. The van der Waals surface area contributed by atoms with Gasteiger partial charge >= 0.3 is 12.4 Å². The maximum atomic E-state index is 12.5. The molecule has 0 atom stereocenters. The SMILES string of the molecule is CCCNCCC1(OC(C(F)(F)F)C(F)(F)F)CCC1. The molecule has 0 spiro atoms. The summed E-state index contributed by atoms with van der Waals surface area (Å²) in [6.07, 6.45) is -12.5. The zero-order valence-electron chi connectivity index (χ0n) is 11.2. The van der Waals surface area contributed by atoms with E-state index in [0.717, 1.165) is 6.42 Å². The molecule has 1 N–H and O–H groups in total. The Bertz CT molecular complexity index is 283. The fourth-order valence-electron chi connectivity index (χ4n) is 2.19. The molecule has 1 aliphatic rings. The summed E-state index contributed by atoms with van der Waals surface area (Å²) in [6, 6.07) is 0. The molecule has 20 heavy (non-hydrogen) atoms. The van der Waals surface area contributed by atoms with Crippen LogP contribution in [0.15, 0.2) is 0 Å². The van der Waals surface area contributed by atoms with E-state index < -0.39 is 24.1 Å². The summed E-state index contributed by atoms with van der Waals surface area (Å²) < 4.78 is 79.4. The van der Waals surface area contributed by atoms with Crippen LogP contribution in [0.1, 0.15) is 39.0 Å². The van der Waals surface area contributed by atoms with Gasteiger partial charge in [-0.15, -0.1) is 0 Å². The average Bonchev–Trinajstić information content (AvgIpc) is 2.22. The Morgan fingerprint density at radius 3 is 1.95 bits per heavy atom. The van der Waals surface area contributed by atoms with E-state index in [1.54, 1.807) is 0 Å². The molecule has 0 heterocycles. The Morgan fingerprint density at radius 1 is 1.05 bits per heavy atom. The second-order valence-corrected chi connectivity index (χ2v) is 5.12. The molecule has 0 saturated heterocycles. The van der Waals surface area contributed by atoms with E-state index in [0.29, 0.717) is 19.5 Å². The van der Waals surface area contributed by atoms with Crippen molar-refractivity contribution in [1.29, 1.82) is 0 Å². The fraction of sp³-hybridized carbons (Fsp3) is 1.00. The van der Waals surface area contributed by atoms with Crippen molar-refractivity contribution in [1.82, 2.24) is 5.32 Å². The molecular formula is C12H19F6NO. The maximum Gasteiger partial charge on any atom is 0.423 e. The third-order valence-corrected chi connectivity index (χ3v) is 3.41. The zero-order chi connectivity index (χ0) is 15.4. The second kappa shape index (κ2) is 6.51. The van der Waals surface area contributed by atoms with Crippen LogP contribution in [0.3, 0.4) is 0 Å². The Kier molecular flexibility index (Phi) is 5.71. The number of hydrogen-bond donors (Lipinski definition) is 1. The van der Waals surface area contributed by atoms with Gasteiger partial charge in [-0.25, -0.2) is 0 Å². The van der Waals surface area contributed by atoms with Crippen molar-refractivity contribution in [2.45, 2.75) is 63.1 Å². The minimum atomic E-state index is -5.43. The van der Waals surface area contributed by atoms with Crippen LogP contribution in [0.4, 0.5) is 26.3 Å². The standard InChI is InChI=1S/C12H19F6NO/c1-2-7-19-8-6-10(4-3-5-10)20-9(11(13,14)15)12(16,17)18/h9,19H,2-8H2,1H3. The van der Waals surface area contributed by atoms with Crippen molar-refractivity contribution in [3.63, 3.8) is 0 Å². The molecule has 8 heteroatoms. The van der Waals surface area contributed by atoms with Gasteiger partial charge in [0.25, 0.3) is 0 Å². The van der Waals surface area contributed by atoms with Gasteiger partial charge in [-0.05, 0) is 45.2 Å². The van der Waals surface area contributed by atoms with E-state index in [1.165, 1.54) is 0 Å². The third-order valence-electron chi connectivity index (χ3n) is 3.41. The quantitative estimate of drug-likeness (QED) is 0.570. The van der Waals surface area contributed by atoms with Gasteiger partial charge in [0, 0.05) is 0 Å². The summed E-state index contributed by atoms with van der Waals surface area (Å²) in [4.78, 5) is 0. The predicted molar refractivity (Wildman–Crippen MR) is 61.3 cm³/mol. The molecule has 120 valence electrons. The van der Waals surface area contributed by atoms with Crippen LogP contribution in [0.5, 0.6) is 0 Å². The Labute approximate surface area is 113 Å². The Morgan fingerprint density at radius 2 is 1.60 bits per heavy atom. The van der Waals surface area contributed by atoms with Gasteiger partial charge in [-0.3, -0.25) is 0 Å². The molecule has 2 nitrogen and oxygen atoms in total. The summed E-state index contributed by atoms with van der Waals surface area (Å²) >= 11 is 0. The van der Waals surface area contributed by atoms with E-state index >= 15 is 0 Å². The first kappa shape index (κ1) is 17.6. The zero-order valence-corrected chi connectivity index (χ0v) is 11.2. The molecule has 1 aliphatic carbocycles. The minimum absolute atomic E-state index is 0.162. The summed E-state index contributed by atoms with van der Waals surface area (Å²) in [7, 11) is 0. The number of hydrogen-bond acceptors (Lipinski definition) is 2. The van der Waals surface area contributed by atoms with Crippen molar-refractivity contribution in [2.24, 2.45) is 0 Å². The van der Waals surface area contributed by atoms with Crippen molar-refractivity contribution in [2.75, 3.05) is 13.1 Å². The lowest BCUT2D eigenvalue weighted by Crippen LogP contribution is -2.54. The lowest BCUT2D eigenvalue weighted by atomic mass is 9.77. The molecule has 0 aromatic carbocycles. The van der Waals surface area contributed by atoms with Crippen LogP contribution < -0.4 is 5.32 Å². The van der Waals surface area contributed by atoms with Crippen molar-refractivity contribution < 1.29 is 31.1 Å². The highest BCUT2D eigenvalue weighted by Crippen LogP contribution is 2.45. The molecule has 0 aliphatic heterocycles. The number of rotatable bonds is 7. The molecular weight excluding hydrogens is 288 g/mol. The molecule has 0 amide bonds. The highest BCUT2D eigenvalue weighted by atomic mass is 19.4. The first-order valence-corrected chi connectivity index (χ1v) is 6.63. The number of halogens is 6. The number of ether oxygens (including phenoxy) is 1. The molecule has 1 fully saturated rings. The highest BCUT2D eigenvalue weighted by Gasteiger charge is 2.61. The van der Waals surface area contributed by atoms with Crippen LogP contribution in [0.2, 0.25) is 0 Å². The van der Waals surface area contributed by atoms with Gasteiger partial charge in [0.2, 0.25) is 6.10 Å². The molecule has 0 radical (unpaired) electrons. The highest BCUT2D eigenvalue weighted by molar-refractivity contribution is 4.93. The largest absolute Gasteiger partial charge is 0.423 e. The molecule has 1 rings (SSSR count). The van der Waals surface area contributed by atoms with Gasteiger partial charge in [0.05, 0.1) is 5.60 Å². The predicted octanol–water partition coefficient (Wildman–Crippen LogP) is 3.81. The van der Waals surface area contributed by atoms with E-state index in [2.05, 4.69) is 10.1 Å². The fourth-order valence-corrected chi connectivity index (χ4v) is 2.19. The maximum absolute atomic E-state index is 12.5. The smallest absolute Gasteiger partial charge is 0.354 e. The van der Waals surface area contributed by atoms with Crippen LogP contribution >= 0.6 is 0 Å². The number of alkyl halides is 6. The Hall–Kier alpha value is -0.500.